The number of unbranched alkanes of at least 4 members (excludes halogenated alkanes) is 1. The van der Waals surface area contributed by atoms with Crippen LogP contribution in [0.3, 0.4) is 0 Å². The van der Waals surface area contributed by atoms with Crippen molar-refractivity contribution in [2.45, 2.75) is 25.3 Å². The summed E-state index contributed by atoms with van der Waals surface area (Å²) < 4.78 is 5.81. The molecule has 0 heterocycles. The maximum Gasteiger partial charge on any atom is 0.251 e. The van der Waals surface area contributed by atoms with Gasteiger partial charge >= 0.3 is 0 Å². The molecule has 9 heteroatoms. The molecular formula is C26H30N4O5. The van der Waals surface area contributed by atoms with Crippen LogP contribution in [0.1, 0.15) is 28.8 Å². The van der Waals surface area contributed by atoms with Crippen LogP contribution in [-0.4, -0.2) is 48.6 Å². The van der Waals surface area contributed by atoms with Gasteiger partial charge in [0.1, 0.15) is 11.5 Å². The smallest absolute Gasteiger partial charge is 0.251 e. The summed E-state index contributed by atoms with van der Waals surface area (Å²) in [5, 5.41) is 16.4. The summed E-state index contributed by atoms with van der Waals surface area (Å²) >= 11 is 0. The number of hydrogen-bond acceptors (Lipinski definition) is 6. The number of hydrogen-bond donors (Lipinski definition) is 5. The molecule has 0 radical (unpaired) electrons. The summed E-state index contributed by atoms with van der Waals surface area (Å²) in [7, 11) is 0. The molecule has 0 aliphatic carbocycles. The highest BCUT2D eigenvalue weighted by Crippen LogP contribution is 2.22. The van der Waals surface area contributed by atoms with Crippen LogP contribution in [-0.2, 0) is 16.0 Å². The number of rotatable bonds is 12. The number of phenols is 1. The Hall–Kier alpha value is -4.11. The Kier molecular flexibility index (Phi) is 9.02. The van der Waals surface area contributed by atoms with E-state index >= 15 is 0 Å². The average molecular weight is 479 g/mol. The molecule has 3 amide bonds. The lowest BCUT2D eigenvalue weighted by molar-refractivity contribution is -0.122. The zero-order valence-electron chi connectivity index (χ0n) is 19.3. The number of primary amides is 1. The standard InChI is InChI=1S/C26H30N4O5/c27-23(13-17-3-8-21(31)9-4-17)26(34)29-11-1-2-12-35-22-10-7-18-14-20(6-5-19(18)15-22)25(33)30-16-24(28)32/h3-10,14-15,23,31H,1-2,11-13,16,27H2,(H2,28,32)(H,29,34)(H,30,33). The predicted octanol–water partition coefficient (Wildman–Crippen LogP) is 1.61. The number of amides is 3. The minimum Gasteiger partial charge on any atom is -0.508 e. The molecule has 1 unspecified atom stereocenters. The number of carbonyl (C=O) groups is 3. The molecule has 1 atom stereocenters. The molecule has 35 heavy (non-hydrogen) atoms. The third kappa shape index (κ3) is 8.01. The number of carbonyl (C=O) groups excluding carboxylic acids is 3. The van der Waals surface area contributed by atoms with Gasteiger partial charge in [0.25, 0.3) is 5.91 Å². The first-order valence-corrected chi connectivity index (χ1v) is 11.4. The summed E-state index contributed by atoms with van der Waals surface area (Å²) in [4.78, 5) is 35.1. The van der Waals surface area contributed by atoms with Crippen molar-refractivity contribution in [1.82, 2.24) is 10.6 Å². The number of nitrogens with one attached hydrogen (secondary N) is 2. The Morgan fingerprint density at radius 3 is 2.37 bits per heavy atom. The number of benzene rings is 3. The third-order valence-electron chi connectivity index (χ3n) is 5.36. The molecule has 0 spiro atoms. The molecule has 0 aliphatic heterocycles. The first-order valence-electron chi connectivity index (χ1n) is 11.4. The minimum atomic E-state index is -0.650. The molecule has 0 fully saturated rings. The molecule has 0 aliphatic rings. The van der Waals surface area contributed by atoms with Crippen molar-refractivity contribution in [2.24, 2.45) is 11.5 Å². The number of ether oxygens (including phenoxy) is 1. The highest BCUT2D eigenvalue weighted by molar-refractivity contribution is 6.00. The monoisotopic (exact) mass is 478 g/mol. The van der Waals surface area contributed by atoms with Gasteiger partial charge < -0.3 is 31.9 Å². The van der Waals surface area contributed by atoms with Crippen LogP contribution in [0, 0.1) is 0 Å². The summed E-state index contributed by atoms with van der Waals surface area (Å²) in [6, 6.07) is 16.8. The number of aromatic hydroxyl groups is 1. The third-order valence-corrected chi connectivity index (χ3v) is 5.36. The van der Waals surface area contributed by atoms with E-state index in [1.54, 1.807) is 36.4 Å². The minimum absolute atomic E-state index is 0.176. The SMILES string of the molecule is NC(=O)CNC(=O)c1ccc2cc(OCCCCNC(=O)C(N)Cc3ccc(O)cc3)ccc2c1. The van der Waals surface area contributed by atoms with E-state index in [9.17, 15) is 19.5 Å². The Morgan fingerprint density at radius 2 is 1.63 bits per heavy atom. The van der Waals surface area contributed by atoms with Crippen LogP contribution in [0.25, 0.3) is 10.8 Å². The van der Waals surface area contributed by atoms with Gasteiger partial charge in [-0.2, -0.15) is 0 Å². The van der Waals surface area contributed by atoms with Crippen molar-refractivity contribution in [3.63, 3.8) is 0 Å². The van der Waals surface area contributed by atoms with E-state index < -0.39 is 11.9 Å². The molecule has 0 aromatic heterocycles. The van der Waals surface area contributed by atoms with E-state index in [2.05, 4.69) is 10.6 Å². The second-order valence-electron chi connectivity index (χ2n) is 8.20. The predicted molar refractivity (Wildman–Crippen MR) is 133 cm³/mol. The van der Waals surface area contributed by atoms with Crippen molar-refractivity contribution < 1.29 is 24.2 Å². The van der Waals surface area contributed by atoms with Crippen LogP contribution in [0.15, 0.2) is 60.7 Å². The van der Waals surface area contributed by atoms with Gasteiger partial charge in [0.05, 0.1) is 19.2 Å². The maximum atomic E-state index is 12.2. The number of nitrogens with two attached hydrogens (primary N) is 2. The van der Waals surface area contributed by atoms with Crippen molar-refractivity contribution in [3.05, 3.63) is 71.8 Å². The van der Waals surface area contributed by atoms with E-state index in [0.29, 0.717) is 30.9 Å². The van der Waals surface area contributed by atoms with Crippen LogP contribution in [0.5, 0.6) is 11.5 Å². The fraction of sp³-hybridized carbons (Fsp3) is 0.269. The summed E-state index contributed by atoms with van der Waals surface area (Å²) in [5.41, 5.74) is 12.3. The van der Waals surface area contributed by atoms with Gasteiger partial charge in [0.2, 0.25) is 11.8 Å². The second-order valence-corrected chi connectivity index (χ2v) is 8.20. The summed E-state index contributed by atoms with van der Waals surface area (Å²) in [5.74, 6) is -0.286. The summed E-state index contributed by atoms with van der Waals surface area (Å²) in [6.45, 7) is 0.790. The number of fused-ring (bicyclic) bond motifs is 1. The highest BCUT2D eigenvalue weighted by Gasteiger charge is 2.13. The van der Waals surface area contributed by atoms with Crippen LogP contribution in [0.2, 0.25) is 0 Å². The molecule has 0 bridgehead atoms. The lowest BCUT2D eigenvalue weighted by atomic mass is 10.1. The first kappa shape index (κ1) is 25.5. The Balaban J connectivity index is 1.37. The average Bonchev–Trinajstić information content (AvgIpc) is 2.85. The molecular weight excluding hydrogens is 448 g/mol. The molecule has 0 saturated heterocycles. The van der Waals surface area contributed by atoms with Gasteiger partial charge in [0, 0.05) is 12.1 Å². The first-order chi connectivity index (χ1) is 16.8. The van der Waals surface area contributed by atoms with Crippen molar-refractivity contribution in [2.75, 3.05) is 19.7 Å². The normalized spacial score (nSPS) is 11.6. The molecule has 3 rings (SSSR count). The lowest BCUT2D eigenvalue weighted by Gasteiger charge is -2.13. The van der Waals surface area contributed by atoms with Gasteiger partial charge in [-0.05, 0) is 72.0 Å². The van der Waals surface area contributed by atoms with Crippen LogP contribution < -0.4 is 26.8 Å². The van der Waals surface area contributed by atoms with E-state index in [-0.39, 0.29) is 24.1 Å². The van der Waals surface area contributed by atoms with E-state index in [0.717, 1.165) is 29.2 Å². The molecule has 9 nitrogen and oxygen atoms in total. The van der Waals surface area contributed by atoms with Crippen LogP contribution in [0.4, 0.5) is 0 Å². The van der Waals surface area contributed by atoms with Crippen LogP contribution >= 0.6 is 0 Å². The fourth-order valence-corrected chi connectivity index (χ4v) is 3.46. The molecule has 0 saturated carbocycles. The molecule has 7 N–H and O–H groups in total. The van der Waals surface area contributed by atoms with Gasteiger partial charge in [0.15, 0.2) is 0 Å². The second kappa shape index (κ2) is 12.4. The van der Waals surface area contributed by atoms with Gasteiger partial charge in [-0.15, -0.1) is 0 Å². The van der Waals surface area contributed by atoms with E-state index in [1.807, 2.05) is 24.3 Å². The highest BCUT2D eigenvalue weighted by atomic mass is 16.5. The van der Waals surface area contributed by atoms with Crippen molar-refractivity contribution in [1.29, 1.82) is 0 Å². The van der Waals surface area contributed by atoms with Gasteiger partial charge in [-0.1, -0.05) is 24.3 Å². The van der Waals surface area contributed by atoms with Gasteiger partial charge in [-0.25, -0.2) is 0 Å². The maximum absolute atomic E-state index is 12.2. The van der Waals surface area contributed by atoms with Gasteiger partial charge in [-0.3, -0.25) is 14.4 Å². The number of phenolic OH excluding ortho intramolecular Hbond substituents is 1. The zero-order valence-corrected chi connectivity index (χ0v) is 19.3. The zero-order chi connectivity index (χ0) is 25.2. The largest absolute Gasteiger partial charge is 0.508 e. The Labute approximate surface area is 203 Å². The molecule has 3 aromatic rings. The lowest BCUT2D eigenvalue weighted by Crippen LogP contribution is -2.42. The van der Waals surface area contributed by atoms with Crippen molar-refractivity contribution in [3.8, 4) is 11.5 Å². The fourth-order valence-electron chi connectivity index (χ4n) is 3.46. The van der Waals surface area contributed by atoms with E-state index in [1.165, 1.54) is 0 Å². The Morgan fingerprint density at radius 1 is 0.914 bits per heavy atom. The molecule has 3 aromatic carbocycles. The Bertz CT molecular complexity index is 1180. The summed E-state index contributed by atoms with van der Waals surface area (Å²) in [6.07, 6.45) is 1.90. The van der Waals surface area contributed by atoms with Crippen molar-refractivity contribution >= 4 is 28.5 Å². The topological polar surface area (TPSA) is 157 Å². The quantitative estimate of drug-likeness (QED) is 0.249. The molecule has 184 valence electrons. The van der Waals surface area contributed by atoms with E-state index in [4.69, 9.17) is 16.2 Å².